The van der Waals surface area contributed by atoms with Gasteiger partial charge in [-0.25, -0.2) is 0 Å². The van der Waals surface area contributed by atoms with Crippen LogP contribution in [0.1, 0.15) is 335 Å². The summed E-state index contributed by atoms with van der Waals surface area (Å²) in [4.78, 5) is 0. The van der Waals surface area contributed by atoms with E-state index in [0.29, 0.717) is 0 Å². The van der Waals surface area contributed by atoms with Crippen molar-refractivity contribution in [2.24, 2.45) is 0 Å². The van der Waals surface area contributed by atoms with Gasteiger partial charge >= 0.3 is 0 Å². The third-order valence-electron chi connectivity index (χ3n) is 15.3. The lowest BCUT2D eigenvalue weighted by atomic mass is 10.0. The lowest BCUT2D eigenvalue weighted by Gasteiger charge is -2.39. The van der Waals surface area contributed by atoms with Gasteiger partial charge < -0.3 is 4.48 Å². The zero-order valence-electron chi connectivity index (χ0n) is 47.1. The fourth-order valence-corrected chi connectivity index (χ4v) is 10.7. The molecule has 0 saturated carbocycles. The molecule has 0 saturated heterocycles. The van der Waals surface area contributed by atoms with Crippen LogP contribution >= 0.6 is 0 Å². The van der Waals surface area contributed by atoms with E-state index in [2.05, 4.69) is 87.6 Å². The Kier molecular flexibility index (Phi) is 51.8. The van der Waals surface area contributed by atoms with Gasteiger partial charge in [-0.3, -0.25) is 0 Å². The van der Waals surface area contributed by atoms with E-state index in [0.717, 1.165) is 0 Å². The Bertz CT molecular complexity index is 1050. The van der Waals surface area contributed by atoms with Gasteiger partial charge in [-0.1, -0.05) is 319 Å². The molecule has 1 aromatic carbocycles. The summed E-state index contributed by atoms with van der Waals surface area (Å²) in [6.07, 6.45) is 82.8. The molecule has 0 atom stereocenters. The lowest BCUT2D eigenvalue weighted by Crippen LogP contribution is -2.49. The van der Waals surface area contributed by atoms with Crippen molar-refractivity contribution in [2.75, 3.05) is 19.6 Å². The highest BCUT2D eigenvalue weighted by Gasteiger charge is 2.26. The van der Waals surface area contributed by atoms with E-state index in [1.165, 1.54) is 344 Å². The van der Waals surface area contributed by atoms with Crippen molar-refractivity contribution in [2.45, 2.75) is 336 Å². The number of benzene rings is 1. The first-order valence-corrected chi connectivity index (χ1v) is 31.6. The second-order valence-electron chi connectivity index (χ2n) is 22.1. The zero-order valence-corrected chi connectivity index (χ0v) is 47.1. The van der Waals surface area contributed by atoms with Gasteiger partial charge in [-0.2, -0.15) is 0 Å². The molecule has 0 N–H and O–H groups in total. The van der Waals surface area contributed by atoms with Crippen molar-refractivity contribution in [1.29, 1.82) is 0 Å². The molecule has 0 amide bonds. The second kappa shape index (κ2) is 54.7. The number of nitrogens with zero attached hydrogens (tertiary/aromatic N) is 1. The average Bonchev–Trinajstić information content (AvgIpc) is 3.35. The highest BCUT2D eigenvalue weighted by atomic mass is 15.3. The van der Waals surface area contributed by atoms with Gasteiger partial charge in [0.1, 0.15) is 6.54 Å². The van der Waals surface area contributed by atoms with Crippen molar-refractivity contribution in [3.05, 3.63) is 72.4 Å². The van der Waals surface area contributed by atoms with Crippen molar-refractivity contribution >= 4 is 0 Å². The van der Waals surface area contributed by atoms with Gasteiger partial charge in [0.05, 0.1) is 19.6 Å². The molecule has 1 aromatic rings. The summed E-state index contributed by atoms with van der Waals surface area (Å²) in [5, 5.41) is 0. The van der Waals surface area contributed by atoms with Crippen LogP contribution in [0.25, 0.3) is 0 Å². The monoisotopic (exact) mass is 943 g/mol. The van der Waals surface area contributed by atoms with Crippen LogP contribution < -0.4 is 0 Å². The van der Waals surface area contributed by atoms with Crippen LogP contribution in [0.5, 0.6) is 0 Å². The van der Waals surface area contributed by atoms with Crippen LogP contribution in [0, 0.1) is 0 Å². The van der Waals surface area contributed by atoms with E-state index in [1.807, 2.05) is 0 Å². The Morgan fingerprint density at radius 2 is 0.456 bits per heavy atom. The lowest BCUT2D eigenvalue weighted by molar-refractivity contribution is -0.941. The van der Waals surface area contributed by atoms with Gasteiger partial charge in [0.25, 0.3) is 0 Å². The van der Waals surface area contributed by atoms with Crippen LogP contribution in [-0.4, -0.2) is 24.1 Å². The molecule has 0 spiro atoms. The summed E-state index contributed by atoms with van der Waals surface area (Å²) in [5.74, 6) is 0. The second-order valence-corrected chi connectivity index (χ2v) is 22.1. The molecule has 0 aliphatic rings. The molecular weight excluding hydrogens is 819 g/mol. The predicted molar refractivity (Wildman–Crippen MR) is 311 cm³/mol. The number of quaternary nitrogens is 1. The van der Waals surface area contributed by atoms with E-state index in [9.17, 15) is 0 Å². The molecule has 1 heteroatoms. The Balaban J connectivity index is 2.51. The zero-order chi connectivity index (χ0) is 48.6. The molecule has 0 heterocycles. The predicted octanol–water partition coefficient (Wildman–Crippen LogP) is 23.5. The number of hydrogen-bond acceptors (Lipinski definition) is 0. The third-order valence-corrected chi connectivity index (χ3v) is 15.3. The topological polar surface area (TPSA) is 0 Å². The average molecular weight is 944 g/mol. The Hall–Kier alpha value is -1.60. The Labute approximate surface area is 430 Å². The molecule has 396 valence electrons. The van der Waals surface area contributed by atoms with Crippen molar-refractivity contribution in [3.8, 4) is 0 Å². The van der Waals surface area contributed by atoms with Crippen LogP contribution in [0.15, 0.2) is 66.8 Å². The summed E-state index contributed by atoms with van der Waals surface area (Å²) in [5.41, 5.74) is 1.53. The summed E-state index contributed by atoms with van der Waals surface area (Å²) in [7, 11) is 0. The summed E-state index contributed by atoms with van der Waals surface area (Å²) >= 11 is 0. The maximum Gasteiger partial charge on any atom is 0.104 e. The van der Waals surface area contributed by atoms with Gasteiger partial charge in [0, 0.05) is 24.8 Å². The highest BCUT2D eigenvalue weighted by molar-refractivity contribution is 5.13. The summed E-state index contributed by atoms with van der Waals surface area (Å²) in [6, 6.07) is 11.5. The molecule has 0 unspecified atom stereocenters. The van der Waals surface area contributed by atoms with E-state index in [4.69, 9.17) is 0 Å². The molecule has 0 bridgehead atoms. The molecule has 0 aliphatic carbocycles. The van der Waals surface area contributed by atoms with Crippen LogP contribution in [0.4, 0.5) is 0 Å². The van der Waals surface area contributed by atoms with Crippen molar-refractivity contribution in [1.82, 2.24) is 0 Å². The highest BCUT2D eigenvalue weighted by Crippen LogP contribution is 2.22. The van der Waals surface area contributed by atoms with E-state index < -0.39 is 0 Å². The first kappa shape index (κ1) is 64.4. The van der Waals surface area contributed by atoms with Gasteiger partial charge in [0.15, 0.2) is 0 Å². The number of allylic oxidation sites excluding steroid dienone is 6. The maximum absolute atomic E-state index is 2.54. The van der Waals surface area contributed by atoms with Gasteiger partial charge in [-0.15, -0.1) is 0 Å². The molecule has 1 nitrogen and oxygen atoms in total. The quantitative estimate of drug-likeness (QED) is 0.0347. The molecule has 68 heavy (non-hydrogen) atoms. The fraction of sp³-hybridized carbons (Fsp3) is 0.821. The van der Waals surface area contributed by atoms with E-state index in [-0.39, 0.29) is 0 Å². The number of rotatable bonds is 56. The minimum absolute atomic E-state index is 1.19. The molecule has 0 radical (unpaired) electrons. The molecule has 0 fully saturated rings. The van der Waals surface area contributed by atoms with Gasteiger partial charge in [0.2, 0.25) is 0 Å². The van der Waals surface area contributed by atoms with Crippen molar-refractivity contribution in [3.63, 3.8) is 0 Å². The first-order valence-electron chi connectivity index (χ1n) is 31.6. The van der Waals surface area contributed by atoms with Crippen LogP contribution in [0.3, 0.4) is 0 Å². The molecule has 0 aliphatic heterocycles. The standard InChI is InChI=1S/C67H124N/c1-4-7-10-13-16-19-22-25-28-31-34-37-40-43-46-49-52-58-63-68(66-67-61-56-55-57-62-67,64-59-53-50-47-44-41-38-35-32-29-26-23-20-17-14-11-8-5-2)65-60-54-51-48-45-42-39-36-33-30-27-24-21-18-15-12-9-6-3/h46-51,55-57,61-62H,4-45,52-54,58-60,63-66H2,1-3H3/q+1/b49-46+,50-47+,51-48+. The molecular formula is C67H124N+. The largest absolute Gasteiger partial charge is 0.320 e. The molecule has 1 rings (SSSR count). The number of hydrogen-bond donors (Lipinski definition) is 0. The minimum atomic E-state index is 1.19. The normalized spacial score (nSPS) is 12.3. The third kappa shape index (κ3) is 46.8. The molecule has 0 aromatic heterocycles. The Morgan fingerprint density at radius 3 is 0.691 bits per heavy atom. The summed E-state index contributed by atoms with van der Waals surface area (Å²) in [6.45, 7) is 12.1. The van der Waals surface area contributed by atoms with E-state index >= 15 is 0 Å². The Morgan fingerprint density at radius 1 is 0.250 bits per heavy atom. The smallest absolute Gasteiger partial charge is 0.104 e. The maximum atomic E-state index is 2.54. The summed E-state index contributed by atoms with van der Waals surface area (Å²) < 4.78 is 1.26. The van der Waals surface area contributed by atoms with Crippen molar-refractivity contribution < 1.29 is 4.48 Å². The van der Waals surface area contributed by atoms with Crippen LogP contribution in [-0.2, 0) is 6.54 Å². The minimum Gasteiger partial charge on any atom is -0.320 e. The SMILES string of the molecule is CCCCCCCCCCCCCCC/C=C/CCC[N+](CCC/C=C/CCCCCCCCCCCCCCC)(CCC/C=C/CCCCCCCCCCCCCCC)Cc1ccccc1. The first-order chi connectivity index (χ1) is 33.8. The van der Waals surface area contributed by atoms with Crippen LogP contribution in [0.2, 0.25) is 0 Å². The van der Waals surface area contributed by atoms with E-state index in [1.54, 1.807) is 0 Å². The van der Waals surface area contributed by atoms with Gasteiger partial charge in [-0.05, 0) is 57.8 Å². The number of unbranched alkanes of at least 4 members (excludes halogenated alkanes) is 42. The fourth-order valence-electron chi connectivity index (χ4n) is 10.7.